The fourth-order valence-corrected chi connectivity index (χ4v) is 2.19. The number of aryl methyl sites for hydroxylation is 1. The van der Waals surface area contributed by atoms with Gasteiger partial charge in [-0.2, -0.15) is 0 Å². The quantitative estimate of drug-likeness (QED) is 0.720. The molecule has 0 aliphatic rings. The van der Waals surface area contributed by atoms with E-state index in [0.717, 1.165) is 0 Å². The summed E-state index contributed by atoms with van der Waals surface area (Å²) < 4.78 is 1.18. The molecule has 1 heterocycles. The lowest BCUT2D eigenvalue weighted by Crippen LogP contribution is -2.10. The number of hydrogen-bond acceptors (Lipinski definition) is 0. The van der Waals surface area contributed by atoms with Crippen LogP contribution in [0.25, 0.3) is 10.9 Å². The predicted molar refractivity (Wildman–Crippen MR) is 69.4 cm³/mol. The molecule has 2 rings (SSSR count). The number of aromatic nitrogens is 1. The van der Waals surface area contributed by atoms with Crippen molar-refractivity contribution in [3.8, 4) is 0 Å². The summed E-state index contributed by atoms with van der Waals surface area (Å²) in [6.45, 7) is 8.80. The largest absolute Gasteiger partial charge is 0.358 e. The normalized spacial score (nSPS) is 12.3. The van der Waals surface area contributed by atoms with Crippen molar-refractivity contribution in [1.29, 1.82) is 0 Å². The van der Waals surface area contributed by atoms with E-state index in [0.29, 0.717) is 0 Å². The van der Waals surface area contributed by atoms with Gasteiger partial charge in [0.1, 0.15) is 0 Å². The predicted octanol–water partition coefficient (Wildman–Crippen LogP) is 4.54. The molecule has 0 amide bonds. The van der Waals surface area contributed by atoms with Crippen molar-refractivity contribution in [3.05, 3.63) is 33.9 Å². The summed E-state index contributed by atoms with van der Waals surface area (Å²) in [7, 11) is 0. The lowest BCUT2D eigenvalue weighted by molar-refractivity contribution is 0.591. The highest BCUT2D eigenvalue weighted by atomic mass is 79.9. The molecule has 0 atom stereocenters. The summed E-state index contributed by atoms with van der Waals surface area (Å²) in [6, 6.07) is 6.63. The van der Waals surface area contributed by atoms with Gasteiger partial charge in [0.2, 0.25) is 0 Å². The Hall–Kier alpha value is -0.760. The van der Waals surface area contributed by atoms with Crippen molar-refractivity contribution in [3.63, 3.8) is 0 Å². The number of fused-ring (bicyclic) bond motifs is 1. The van der Waals surface area contributed by atoms with Gasteiger partial charge in [0, 0.05) is 21.1 Å². The molecular formula is C13H16BrN. The van der Waals surface area contributed by atoms with Crippen molar-refractivity contribution in [1.82, 2.24) is 4.98 Å². The Labute approximate surface area is 99.0 Å². The lowest BCUT2D eigenvalue weighted by Gasteiger charge is -2.18. The van der Waals surface area contributed by atoms with E-state index in [1.807, 2.05) is 0 Å². The van der Waals surface area contributed by atoms with Gasteiger partial charge in [-0.05, 0) is 46.0 Å². The molecule has 1 aromatic heterocycles. The Bertz CT molecular complexity index is 503. The molecule has 0 saturated carbocycles. The molecule has 0 aliphatic carbocycles. The van der Waals surface area contributed by atoms with Crippen molar-refractivity contribution < 1.29 is 0 Å². The van der Waals surface area contributed by atoms with Crippen molar-refractivity contribution in [2.75, 3.05) is 0 Å². The van der Waals surface area contributed by atoms with Gasteiger partial charge in [-0.1, -0.05) is 26.8 Å². The highest BCUT2D eigenvalue weighted by molar-refractivity contribution is 9.10. The van der Waals surface area contributed by atoms with Gasteiger partial charge >= 0.3 is 0 Å². The van der Waals surface area contributed by atoms with E-state index in [1.54, 1.807) is 0 Å². The minimum Gasteiger partial charge on any atom is -0.358 e. The summed E-state index contributed by atoms with van der Waals surface area (Å²) in [5, 5.41) is 1.28. The second-order valence-corrected chi connectivity index (χ2v) is 5.87. The van der Waals surface area contributed by atoms with E-state index in [-0.39, 0.29) is 5.41 Å². The second kappa shape index (κ2) is 3.38. The summed E-state index contributed by atoms with van der Waals surface area (Å²) >= 11 is 3.62. The van der Waals surface area contributed by atoms with Crippen LogP contribution in [-0.4, -0.2) is 4.98 Å². The van der Waals surface area contributed by atoms with Crippen LogP contribution in [0, 0.1) is 6.92 Å². The molecule has 0 unspecified atom stereocenters. The average molecular weight is 266 g/mol. The first-order valence-electron chi connectivity index (χ1n) is 5.18. The topological polar surface area (TPSA) is 15.8 Å². The molecule has 1 nitrogen and oxygen atoms in total. The highest BCUT2D eigenvalue weighted by Crippen LogP contribution is 2.31. The van der Waals surface area contributed by atoms with Crippen LogP contribution in [0.4, 0.5) is 0 Å². The Kier molecular flexibility index (Phi) is 2.42. The minimum atomic E-state index is 0.207. The molecule has 0 saturated heterocycles. The van der Waals surface area contributed by atoms with E-state index in [9.17, 15) is 0 Å². The maximum Gasteiger partial charge on any atom is 0.0467 e. The minimum absolute atomic E-state index is 0.207. The van der Waals surface area contributed by atoms with Crippen LogP contribution in [0.3, 0.4) is 0 Å². The number of aromatic amines is 1. The average Bonchev–Trinajstić information content (AvgIpc) is 2.41. The van der Waals surface area contributed by atoms with Crippen molar-refractivity contribution in [2.24, 2.45) is 0 Å². The number of nitrogens with one attached hydrogen (secondary N) is 1. The lowest BCUT2D eigenvalue weighted by atomic mass is 9.86. The third-order valence-electron chi connectivity index (χ3n) is 2.77. The summed E-state index contributed by atoms with van der Waals surface area (Å²) in [5.41, 5.74) is 3.97. The van der Waals surface area contributed by atoms with Gasteiger partial charge in [-0.15, -0.1) is 0 Å². The Balaban J connectivity index is 2.70. The third-order valence-corrected chi connectivity index (χ3v) is 3.80. The Morgan fingerprint density at radius 2 is 1.87 bits per heavy atom. The molecule has 2 aromatic rings. The molecule has 15 heavy (non-hydrogen) atoms. The summed E-state index contributed by atoms with van der Waals surface area (Å²) in [5.74, 6) is 0. The maximum atomic E-state index is 3.62. The standard InChI is InChI=1S/C13H16BrN/c1-8-12(14)10-7-9(13(2,3)4)5-6-11(10)15-8/h5-7,15H,1-4H3. The third kappa shape index (κ3) is 1.83. The molecule has 2 heteroatoms. The van der Waals surface area contributed by atoms with E-state index < -0.39 is 0 Å². The molecule has 0 radical (unpaired) electrons. The fourth-order valence-electron chi connectivity index (χ4n) is 1.76. The van der Waals surface area contributed by atoms with Gasteiger partial charge < -0.3 is 4.98 Å². The number of halogens is 1. The molecular weight excluding hydrogens is 250 g/mol. The van der Waals surface area contributed by atoms with Gasteiger partial charge in [-0.25, -0.2) is 0 Å². The first-order chi connectivity index (χ1) is 6.89. The van der Waals surface area contributed by atoms with Crippen LogP contribution in [0.1, 0.15) is 32.0 Å². The second-order valence-electron chi connectivity index (χ2n) is 5.07. The van der Waals surface area contributed by atoms with Crippen LogP contribution in [0.2, 0.25) is 0 Å². The first kappa shape index (κ1) is 10.7. The molecule has 1 aromatic carbocycles. The molecule has 0 fully saturated rings. The number of rotatable bonds is 0. The molecule has 80 valence electrons. The highest BCUT2D eigenvalue weighted by Gasteiger charge is 2.15. The van der Waals surface area contributed by atoms with Crippen LogP contribution >= 0.6 is 15.9 Å². The van der Waals surface area contributed by atoms with Crippen LogP contribution in [0.15, 0.2) is 22.7 Å². The van der Waals surface area contributed by atoms with Gasteiger partial charge in [-0.3, -0.25) is 0 Å². The van der Waals surface area contributed by atoms with E-state index in [2.05, 4.69) is 66.8 Å². The van der Waals surface area contributed by atoms with Crippen molar-refractivity contribution >= 4 is 26.8 Å². The molecule has 0 spiro atoms. The number of hydrogen-bond donors (Lipinski definition) is 1. The zero-order valence-corrected chi connectivity index (χ0v) is 11.2. The first-order valence-corrected chi connectivity index (χ1v) is 5.97. The van der Waals surface area contributed by atoms with Crippen LogP contribution in [-0.2, 0) is 5.41 Å². The van der Waals surface area contributed by atoms with Crippen LogP contribution < -0.4 is 0 Å². The van der Waals surface area contributed by atoms with Crippen LogP contribution in [0.5, 0.6) is 0 Å². The smallest absolute Gasteiger partial charge is 0.0467 e. The number of H-pyrrole nitrogens is 1. The van der Waals surface area contributed by atoms with E-state index in [1.165, 1.54) is 26.6 Å². The fraction of sp³-hybridized carbons (Fsp3) is 0.385. The maximum absolute atomic E-state index is 3.62. The van der Waals surface area contributed by atoms with Crippen molar-refractivity contribution in [2.45, 2.75) is 33.1 Å². The van der Waals surface area contributed by atoms with E-state index >= 15 is 0 Å². The molecule has 1 N–H and O–H groups in total. The number of benzene rings is 1. The van der Waals surface area contributed by atoms with Gasteiger partial charge in [0.25, 0.3) is 0 Å². The summed E-state index contributed by atoms with van der Waals surface area (Å²) in [4.78, 5) is 3.36. The Morgan fingerprint density at radius 3 is 2.47 bits per heavy atom. The SMILES string of the molecule is Cc1[nH]c2ccc(C(C)(C)C)cc2c1Br. The Morgan fingerprint density at radius 1 is 1.20 bits per heavy atom. The monoisotopic (exact) mass is 265 g/mol. The van der Waals surface area contributed by atoms with Gasteiger partial charge in [0.05, 0.1) is 0 Å². The van der Waals surface area contributed by atoms with E-state index in [4.69, 9.17) is 0 Å². The zero-order valence-electron chi connectivity index (χ0n) is 9.61. The molecule has 0 aliphatic heterocycles. The molecule has 0 bridgehead atoms. The van der Waals surface area contributed by atoms with Gasteiger partial charge in [0.15, 0.2) is 0 Å². The summed E-state index contributed by atoms with van der Waals surface area (Å²) in [6.07, 6.45) is 0. The zero-order chi connectivity index (χ0) is 11.2.